The molecular weight excluding hydrogens is 356 g/mol. The second-order valence-electron chi connectivity index (χ2n) is 5.97. The first-order valence-corrected chi connectivity index (χ1v) is 8.54. The molecule has 0 unspecified atom stereocenters. The van der Waals surface area contributed by atoms with Gasteiger partial charge in [0.25, 0.3) is 11.8 Å². The van der Waals surface area contributed by atoms with E-state index in [1.807, 2.05) is 6.92 Å². The molecule has 0 bridgehead atoms. The Bertz CT molecular complexity index is 874. The van der Waals surface area contributed by atoms with Gasteiger partial charge in [0.1, 0.15) is 11.5 Å². The van der Waals surface area contributed by atoms with E-state index in [9.17, 15) is 14.4 Å². The number of aromatic nitrogens is 2. The smallest absolute Gasteiger partial charge is 0.273 e. The summed E-state index contributed by atoms with van der Waals surface area (Å²) < 4.78 is 1.59. The number of carbonyl (C=O) groups is 3. The lowest BCUT2D eigenvalue weighted by atomic mass is 10.1. The third-order valence-electron chi connectivity index (χ3n) is 3.72. The third-order valence-corrected chi connectivity index (χ3v) is 3.93. The molecule has 0 aliphatic carbocycles. The van der Waals surface area contributed by atoms with Crippen LogP contribution in [0.4, 0.5) is 5.69 Å². The monoisotopic (exact) mass is 376 g/mol. The van der Waals surface area contributed by atoms with Crippen LogP contribution in [0, 0.1) is 13.8 Å². The summed E-state index contributed by atoms with van der Waals surface area (Å²) in [4.78, 5) is 36.2. The van der Waals surface area contributed by atoms with E-state index < -0.39 is 5.91 Å². The van der Waals surface area contributed by atoms with E-state index in [0.29, 0.717) is 28.5 Å². The lowest BCUT2D eigenvalue weighted by molar-refractivity contribution is -0.116. The highest BCUT2D eigenvalue weighted by Gasteiger charge is 2.20. The summed E-state index contributed by atoms with van der Waals surface area (Å²) in [5.74, 6) is -1.04. The molecule has 0 aliphatic rings. The molecule has 0 aliphatic heterocycles. The molecule has 0 radical (unpaired) electrons. The van der Waals surface area contributed by atoms with Gasteiger partial charge in [0.15, 0.2) is 0 Å². The van der Waals surface area contributed by atoms with Crippen LogP contribution in [0.3, 0.4) is 0 Å². The maximum atomic E-state index is 12.7. The highest BCUT2D eigenvalue weighted by Crippen LogP contribution is 2.26. The second kappa shape index (κ2) is 8.14. The second-order valence-corrected chi connectivity index (χ2v) is 6.41. The first-order valence-electron chi connectivity index (χ1n) is 8.16. The molecule has 0 fully saturated rings. The SMILES string of the molecule is CCn1nc(C)cc1C(=O)Nc1c(C)cc(Cl)cc1C(=O)NCC(C)=O. The van der Waals surface area contributed by atoms with E-state index >= 15 is 0 Å². The van der Waals surface area contributed by atoms with Crippen LogP contribution in [-0.2, 0) is 11.3 Å². The van der Waals surface area contributed by atoms with Crippen molar-refractivity contribution in [3.63, 3.8) is 0 Å². The molecule has 8 heteroatoms. The molecule has 0 saturated heterocycles. The van der Waals surface area contributed by atoms with Crippen LogP contribution in [0.25, 0.3) is 0 Å². The highest BCUT2D eigenvalue weighted by molar-refractivity contribution is 6.31. The number of nitrogens with zero attached hydrogens (tertiary/aromatic N) is 2. The zero-order valence-electron chi connectivity index (χ0n) is 15.1. The normalized spacial score (nSPS) is 10.5. The standard InChI is InChI=1S/C18H21ClN4O3/c1-5-23-15(7-11(3)22-23)18(26)21-16-10(2)6-13(19)8-14(16)17(25)20-9-12(4)24/h6-8H,5,9H2,1-4H3,(H,20,25)(H,21,26). The minimum absolute atomic E-state index is 0.0976. The topological polar surface area (TPSA) is 93.1 Å². The molecule has 0 spiro atoms. The number of amides is 2. The van der Waals surface area contributed by atoms with Crippen LogP contribution in [0.2, 0.25) is 5.02 Å². The zero-order chi connectivity index (χ0) is 19.4. The fourth-order valence-electron chi connectivity index (χ4n) is 2.54. The lowest BCUT2D eigenvalue weighted by Crippen LogP contribution is -2.29. The molecule has 2 rings (SSSR count). The minimum Gasteiger partial charge on any atom is -0.345 e. The number of ketones is 1. The number of halogens is 1. The number of anilines is 1. The van der Waals surface area contributed by atoms with E-state index in [1.54, 1.807) is 30.7 Å². The first kappa shape index (κ1) is 19.7. The van der Waals surface area contributed by atoms with E-state index in [0.717, 1.165) is 5.69 Å². The third kappa shape index (κ3) is 4.49. The zero-order valence-corrected chi connectivity index (χ0v) is 15.9. The van der Waals surface area contributed by atoms with Crippen molar-refractivity contribution in [1.82, 2.24) is 15.1 Å². The Labute approximate surface area is 156 Å². The number of carbonyl (C=O) groups excluding carboxylic acids is 3. The van der Waals surface area contributed by atoms with Gasteiger partial charge in [-0.15, -0.1) is 0 Å². The highest BCUT2D eigenvalue weighted by atomic mass is 35.5. The van der Waals surface area contributed by atoms with Crippen LogP contribution in [0.1, 0.15) is 46.0 Å². The summed E-state index contributed by atoms with van der Waals surface area (Å²) in [5, 5.41) is 9.91. The average Bonchev–Trinajstić information content (AvgIpc) is 2.95. The van der Waals surface area contributed by atoms with Gasteiger partial charge in [0.2, 0.25) is 0 Å². The first-order chi connectivity index (χ1) is 12.2. The lowest BCUT2D eigenvalue weighted by Gasteiger charge is -2.15. The predicted octanol–water partition coefficient (Wildman–Crippen LogP) is 2.74. The molecule has 2 N–H and O–H groups in total. The summed E-state index contributed by atoms with van der Waals surface area (Å²) in [7, 11) is 0. The number of Topliss-reactive ketones (excluding diaryl/α,β-unsaturated/α-hetero) is 1. The van der Waals surface area contributed by atoms with E-state index in [-0.39, 0.29) is 23.8 Å². The quantitative estimate of drug-likeness (QED) is 0.810. The van der Waals surface area contributed by atoms with Gasteiger partial charge < -0.3 is 10.6 Å². The Morgan fingerprint density at radius 1 is 1.15 bits per heavy atom. The summed E-state index contributed by atoms with van der Waals surface area (Å²) >= 11 is 6.06. The molecular formula is C18H21ClN4O3. The Balaban J connectivity index is 2.37. The van der Waals surface area contributed by atoms with Crippen molar-refractivity contribution in [3.8, 4) is 0 Å². The average molecular weight is 377 g/mol. The van der Waals surface area contributed by atoms with Crippen molar-refractivity contribution in [1.29, 1.82) is 0 Å². The van der Waals surface area contributed by atoms with Crippen molar-refractivity contribution >= 4 is 34.9 Å². The van der Waals surface area contributed by atoms with Gasteiger partial charge in [-0.3, -0.25) is 19.1 Å². The van der Waals surface area contributed by atoms with Crippen molar-refractivity contribution in [2.75, 3.05) is 11.9 Å². The Hall–Kier alpha value is -2.67. The van der Waals surface area contributed by atoms with Crippen molar-refractivity contribution in [2.45, 2.75) is 34.2 Å². The van der Waals surface area contributed by atoms with Gasteiger partial charge in [-0.2, -0.15) is 5.10 Å². The molecule has 1 aromatic heterocycles. The van der Waals surface area contributed by atoms with Gasteiger partial charge in [0, 0.05) is 11.6 Å². The Morgan fingerprint density at radius 3 is 2.46 bits per heavy atom. The van der Waals surface area contributed by atoms with Crippen molar-refractivity contribution in [2.24, 2.45) is 0 Å². The van der Waals surface area contributed by atoms with Crippen molar-refractivity contribution in [3.05, 3.63) is 45.7 Å². The fraction of sp³-hybridized carbons (Fsp3) is 0.333. The summed E-state index contributed by atoms with van der Waals surface area (Å²) in [5.41, 5.74) is 2.31. The van der Waals surface area contributed by atoms with Crippen molar-refractivity contribution < 1.29 is 14.4 Å². The summed E-state index contributed by atoms with van der Waals surface area (Å²) in [6, 6.07) is 4.79. The van der Waals surface area contributed by atoms with Crippen LogP contribution in [0.15, 0.2) is 18.2 Å². The van der Waals surface area contributed by atoms with E-state index in [4.69, 9.17) is 11.6 Å². The summed E-state index contributed by atoms with van der Waals surface area (Å²) in [6.07, 6.45) is 0. The summed E-state index contributed by atoms with van der Waals surface area (Å²) in [6.45, 7) is 7.25. The molecule has 0 saturated carbocycles. The maximum absolute atomic E-state index is 12.7. The van der Waals surface area contributed by atoms with E-state index in [2.05, 4.69) is 15.7 Å². The minimum atomic E-state index is -0.485. The molecule has 26 heavy (non-hydrogen) atoms. The van der Waals surface area contributed by atoms with Crippen LogP contribution in [-0.4, -0.2) is 33.9 Å². The molecule has 138 valence electrons. The van der Waals surface area contributed by atoms with Crippen LogP contribution < -0.4 is 10.6 Å². The predicted molar refractivity (Wildman–Crippen MR) is 99.8 cm³/mol. The van der Waals surface area contributed by atoms with Gasteiger partial charge in [-0.1, -0.05) is 11.6 Å². The Morgan fingerprint density at radius 2 is 1.85 bits per heavy atom. The molecule has 7 nitrogen and oxygen atoms in total. The van der Waals surface area contributed by atoms with Gasteiger partial charge >= 0.3 is 0 Å². The van der Waals surface area contributed by atoms with E-state index in [1.165, 1.54) is 13.0 Å². The molecule has 0 atom stereocenters. The van der Waals surface area contributed by atoms with Crippen LogP contribution in [0.5, 0.6) is 0 Å². The van der Waals surface area contributed by atoms with Gasteiger partial charge in [0.05, 0.1) is 23.5 Å². The maximum Gasteiger partial charge on any atom is 0.273 e. The number of rotatable bonds is 6. The Kier molecular flexibility index (Phi) is 6.15. The molecule has 2 amide bonds. The number of aryl methyl sites for hydroxylation is 3. The fourth-order valence-corrected chi connectivity index (χ4v) is 2.81. The van der Waals surface area contributed by atoms with Crippen LogP contribution >= 0.6 is 11.6 Å². The number of nitrogens with one attached hydrogen (secondary N) is 2. The largest absolute Gasteiger partial charge is 0.345 e. The molecule has 2 aromatic rings. The van der Waals surface area contributed by atoms with Gasteiger partial charge in [-0.05, 0) is 51.5 Å². The molecule has 1 aromatic carbocycles. The number of hydrogen-bond acceptors (Lipinski definition) is 4. The molecule has 1 heterocycles. The number of hydrogen-bond donors (Lipinski definition) is 2. The van der Waals surface area contributed by atoms with Gasteiger partial charge in [-0.25, -0.2) is 0 Å². The number of benzene rings is 1.